The quantitative estimate of drug-likeness (QED) is 0.653. The van der Waals surface area contributed by atoms with Crippen molar-refractivity contribution < 1.29 is 14.3 Å². The van der Waals surface area contributed by atoms with E-state index in [1.54, 1.807) is 0 Å². The summed E-state index contributed by atoms with van der Waals surface area (Å²) in [6.07, 6.45) is 2.12. The van der Waals surface area contributed by atoms with Crippen molar-refractivity contribution in [2.45, 2.75) is 57.7 Å². The normalized spacial score (nSPS) is 18.9. The maximum absolute atomic E-state index is 13.1. The van der Waals surface area contributed by atoms with Crippen LogP contribution in [0.5, 0.6) is 5.75 Å². The Labute approximate surface area is 171 Å². The molecule has 1 spiro atoms. The Morgan fingerprint density at radius 2 is 1.93 bits per heavy atom. The van der Waals surface area contributed by atoms with Crippen molar-refractivity contribution in [3.8, 4) is 5.75 Å². The number of nitrogens with one attached hydrogen (secondary N) is 2. The second-order valence-corrected chi connectivity index (χ2v) is 8.20. The molecule has 0 saturated carbocycles. The molecule has 8 heteroatoms. The third-order valence-corrected chi connectivity index (χ3v) is 5.39. The van der Waals surface area contributed by atoms with E-state index in [0.29, 0.717) is 32.0 Å². The number of benzene rings is 1. The van der Waals surface area contributed by atoms with Crippen LogP contribution in [0.15, 0.2) is 29.3 Å². The smallest absolute Gasteiger partial charge is 0.245 e. The predicted molar refractivity (Wildman–Crippen MR) is 112 cm³/mol. The summed E-state index contributed by atoms with van der Waals surface area (Å²) in [5, 5.41) is 6.08. The summed E-state index contributed by atoms with van der Waals surface area (Å²) in [4.78, 5) is 30.9. The van der Waals surface area contributed by atoms with Gasteiger partial charge in [-0.05, 0) is 44.4 Å². The van der Waals surface area contributed by atoms with Gasteiger partial charge in [0.1, 0.15) is 11.8 Å². The number of hydrogen-bond donors (Lipinski definition) is 3. The summed E-state index contributed by atoms with van der Waals surface area (Å²) < 4.78 is 5.67. The molecule has 8 nitrogen and oxygen atoms in total. The van der Waals surface area contributed by atoms with Gasteiger partial charge in [0.2, 0.25) is 11.8 Å². The van der Waals surface area contributed by atoms with E-state index in [-0.39, 0.29) is 23.5 Å². The predicted octanol–water partition coefficient (Wildman–Crippen LogP) is 0.800. The van der Waals surface area contributed by atoms with E-state index in [1.165, 1.54) is 6.92 Å². The molecular weight excluding hydrogens is 370 g/mol. The average Bonchev–Trinajstić information content (AvgIpc) is 3.02. The number of piperidine rings is 1. The Morgan fingerprint density at radius 1 is 1.28 bits per heavy atom. The number of amides is 2. The van der Waals surface area contributed by atoms with Gasteiger partial charge in [-0.3, -0.25) is 14.6 Å². The molecule has 2 aliphatic heterocycles. The second kappa shape index (κ2) is 8.71. The number of nitrogens with zero attached hydrogens (tertiary/aromatic N) is 2. The zero-order valence-electron chi connectivity index (χ0n) is 17.4. The standard InChI is InChI=1S/C21H31N5O3/c1-14(2)29-17-6-4-16(5-7-17)12-18(24-15(3)27)19(28)26-10-8-21(9-11-26)13-23-20(22)25-21/h4-7,14,18H,8-13H2,1-3H3,(H,24,27)(H3,22,23,25)/t18-/m0/s1. The summed E-state index contributed by atoms with van der Waals surface area (Å²) in [6, 6.07) is 7.08. The third-order valence-electron chi connectivity index (χ3n) is 5.39. The number of carbonyl (C=O) groups excluding carboxylic acids is 2. The summed E-state index contributed by atoms with van der Waals surface area (Å²) in [6.45, 7) is 7.28. The first-order valence-corrected chi connectivity index (χ1v) is 10.2. The van der Waals surface area contributed by atoms with Crippen LogP contribution in [0.25, 0.3) is 0 Å². The highest BCUT2D eigenvalue weighted by atomic mass is 16.5. The monoisotopic (exact) mass is 401 g/mol. The van der Waals surface area contributed by atoms with Gasteiger partial charge in [0, 0.05) is 26.4 Å². The summed E-state index contributed by atoms with van der Waals surface area (Å²) >= 11 is 0. The lowest BCUT2D eigenvalue weighted by atomic mass is 9.88. The molecule has 1 fully saturated rings. The van der Waals surface area contributed by atoms with Gasteiger partial charge in [0.15, 0.2) is 5.96 Å². The first kappa shape index (κ1) is 21.0. The summed E-state index contributed by atoms with van der Waals surface area (Å²) in [5.74, 6) is 1.00. The molecule has 1 atom stereocenters. The Hall–Kier alpha value is -2.77. The van der Waals surface area contributed by atoms with Crippen molar-refractivity contribution in [1.29, 1.82) is 0 Å². The first-order chi connectivity index (χ1) is 13.8. The number of ether oxygens (including phenoxy) is 1. The Kier molecular flexibility index (Phi) is 6.30. The van der Waals surface area contributed by atoms with Gasteiger partial charge >= 0.3 is 0 Å². The zero-order chi connectivity index (χ0) is 21.0. The van der Waals surface area contributed by atoms with Gasteiger partial charge in [0.05, 0.1) is 18.2 Å². The minimum atomic E-state index is -0.587. The van der Waals surface area contributed by atoms with Crippen molar-refractivity contribution >= 4 is 17.8 Å². The van der Waals surface area contributed by atoms with Crippen LogP contribution in [0, 0.1) is 0 Å². The molecule has 0 bridgehead atoms. The summed E-state index contributed by atoms with van der Waals surface area (Å²) in [7, 11) is 0. The van der Waals surface area contributed by atoms with Crippen molar-refractivity contribution in [2.75, 3.05) is 19.6 Å². The molecule has 2 aliphatic rings. The molecule has 29 heavy (non-hydrogen) atoms. The molecule has 158 valence electrons. The van der Waals surface area contributed by atoms with Gasteiger partial charge in [-0.15, -0.1) is 0 Å². The lowest BCUT2D eigenvalue weighted by Gasteiger charge is -2.40. The highest BCUT2D eigenvalue weighted by Gasteiger charge is 2.40. The van der Waals surface area contributed by atoms with Crippen LogP contribution in [-0.2, 0) is 16.0 Å². The molecule has 1 aromatic rings. The van der Waals surface area contributed by atoms with Crippen LogP contribution in [-0.4, -0.2) is 60.0 Å². The molecule has 0 radical (unpaired) electrons. The highest BCUT2D eigenvalue weighted by Crippen LogP contribution is 2.26. The van der Waals surface area contributed by atoms with E-state index in [0.717, 1.165) is 24.2 Å². The van der Waals surface area contributed by atoms with E-state index in [9.17, 15) is 9.59 Å². The average molecular weight is 402 g/mol. The van der Waals surface area contributed by atoms with Gasteiger partial charge < -0.3 is 26.0 Å². The maximum atomic E-state index is 13.1. The van der Waals surface area contributed by atoms with Gasteiger partial charge in [0.25, 0.3) is 0 Å². The molecule has 0 aromatic heterocycles. The Bertz CT molecular complexity index is 767. The van der Waals surface area contributed by atoms with Crippen molar-refractivity contribution in [1.82, 2.24) is 15.5 Å². The lowest BCUT2D eigenvalue weighted by Crippen LogP contribution is -2.58. The van der Waals surface area contributed by atoms with Crippen LogP contribution >= 0.6 is 0 Å². The number of nitrogens with two attached hydrogens (primary N) is 1. The van der Waals surface area contributed by atoms with E-state index in [1.807, 2.05) is 43.0 Å². The molecule has 0 unspecified atom stereocenters. The molecule has 0 aliphatic carbocycles. The van der Waals surface area contributed by atoms with Crippen molar-refractivity contribution in [2.24, 2.45) is 10.7 Å². The fourth-order valence-corrected chi connectivity index (χ4v) is 3.90. The van der Waals surface area contributed by atoms with E-state index >= 15 is 0 Å². The van der Waals surface area contributed by atoms with Crippen LogP contribution in [0.4, 0.5) is 0 Å². The van der Waals surface area contributed by atoms with Crippen molar-refractivity contribution in [3.63, 3.8) is 0 Å². The maximum Gasteiger partial charge on any atom is 0.245 e. The summed E-state index contributed by atoms with van der Waals surface area (Å²) in [5.41, 5.74) is 6.61. The lowest BCUT2D eigenvalue weighted by molar-refractivity contribution is -0.137. The minimum absolute atomic E-state index is 0.0514. The zero-order valence-corrected chi connectivity index (χ0v) is 17.4. The molecule has 2 amide bonds. The van der Waals surface area contributed by atoms with Crippen LogP contribution < -0.4 is 21.1 Å². The number of carbonyl (C=O) groups is 2. The molecule has 1 aromatic carbocycles. The minimum Gasteiger partial charge on any atom is -0.491 e. The number of aliphatic imine (C=N–C) groups is 1. The molecule has 2 heterocycles. The third kappa shape index (κ3) is 5.40. The Balaban J connectivity index is 1.62. The molecular formula is C21H31N5O3. The molecule has 4 N–H and O–H groups in total. The number of hydrogen-bond acceptors (Lipinski definition) is 6. The van der Waals surface area contributed by atoms with Gasteiger partial charge in [-0.1, -0.05) is 12.1 Å². The number of rotatable bonds is 6. The number of likely N-dealkylation sites (tertiary alicyclic amines) is 1. The second-order valence-electron chi connectivity index (χ2n) is 8.20. The van der Waals surface area contributed by atoms with E-state index < -0.39 is 6.04 Å². The molecule has 3 rings (SSSR count). The fraction of sp³-hybridized carbons (Fsp3) is 0.571. The Morgan fingerprint density at radius 3 is 2.45 bits per heavy atom. The van der Waals surface area contributed by atoms with Crippen LogP contribution in [0.2, 0.25) is 0 Å². The van der Waals surface area contributed by atoms with Gasteiger partial charge in [-0.25, -0.2) is 0 Å². The first-order valence-electron chi connectivity index (χ1n) is 10.2. The number of guanidine groups is 1. The molecule has 1 saturated heterocycles. The fourth-order valence-electron chi connectivity index (χ4n) is 3.90. The largest absolute Gasteiger partial charge is 0.491 e. The van der Waals surface area contributed by atoms with Crippen LogP contribution in [0.3, 0.4) is 0 Å². The highest BCUT2D eigenvalue weighted by molar-refractivity contribution is 5.87. The van der Waals surface area contributed by atoms with E-state index in [4.69, 9.17) is 10.5 Å². The topological polar surface area (TPSA) is 109 Å². The van der Waals surface area contributed by atoms with Gasteiger partial charge in [-0.2, -0.15) is 0 Å². The van der Waals surface area contributed by atoms with E-state index in [2.05, 4.69) is 15.6 Å². The SMILES string of the molecule is CC(=O)N[C@@H](Cc1ccc(OC(C)C)cc1)C(=O)N1CCC2(CC1)CN=C(N)N2. The van der Waals surface area contributed by atoms with Crippen molar-refractivity contribution in [3.05, 3.63) is 29.8 Å². The van der Waals surface area contributed by atoms with Crippen LogP contribution in [0.1, 0.15) is 39.2 Å².